The van der Waals surface area contributed by atoms with E-state index in [9.17, 15) is 4.79 Å². The number of aryl methyl sites for hydroxylation is 1. The highest BCUT2D eigenvalue weighted by Gasteiger charge is 2.03. The predicted molar refractivity (Wildman–Crippen MR) is 83.1 cm³/mol. The number of benzene rings is 1. The molecule has 0 saturated carbocycles. The van der Waals surface area contributed by atoms with Crippen molar-refractivity contribution < 1.29 is 14.7 Å². The molecule has 0 heterocycles. The van der Waals surface area contributed by atoms with E-state index >= 15 is 0 Å². The second-order valence-electron chi connectivity index (χ2n) is 5.22. The fourth-order valence-corrected chi connectivity index (χ4v) is 1.76. The Morgan fingerprint density at radius 3 is 2.48 bits per heavy atom. The van der Waals surface area contributed by atoms with Crippen LogP contribution in [0.25, 0.3) is 0 Å². The third kappa shape index (κ3) is 6.79. The summed E-state index contributed by atoms with van der Waals surface area (Å²) < 4.78 is 5.60. The highest BCUT2D eigenvalue weighted by Crippen LogP contribution is 2.14. The Balaban J connectivity index is 2.29. The van der Waals surface area contributed by atoms with Gasteiger partial charge in [-0.15, -0.1) is 0 Å². The van der Waals surface area contributed by atoms with Gasteiger partial charge in [0, 0.05) is 20.5 Å². The normalized spacial score (nSPS) is 11.3. The molecule has 5 nitrogen and oxygen atoms in total. The molecule has 21 heavy (non-hydrogen) atoms. The van der Waals surface area contributed by atoms with Gasteiger partial charge in [-0.2, -0.15) is 0 Å². The molecule has 1 N–H and O–H groups in total. The molecule has 1 aromatic carbocycles. The summed E-state index contributed by atoms with van der Waals surface area (Å²) in [5.74, 6) is 0.929. The number of ether oxygens (including phenoxy) is 1. The summed E-state index contributed by atoms with van der Waals surface area (Å²) in [5.41, 5.74) is 1.90. The van der Waals surface area contributed by atoms with E-state index in [0.29, 0.717) is 19.4 Å². The van der Waals surface area contributed by atoms with Crippen LogP contribution in [0.4, 0.5) is 0 Å². The minimum absolute atomic E-state index is 0.120. The van der Waals surface area contributed by atoms with Crippen LogP contribution >= 0.6 is 0 Å². The van der Waals surface area contributed by atoms with Crippen LogP contribution in [0.2, 0.25) is 0 Å². The molecule has 0 spiro atoms. The highest BCUT2D eigenvalue weighted by atomic mass is 16.5. The Morgan fingerprint density at radius 2 is 1.90 bits per heavy atom. The van der Waals surface area contributed by atoms with Gasteiger partial charge >= 0.3 is 0 Å². The summed E-state index contributed by atoms with van der Waals surface area (Å²) in [6.45, 7) is 2.34. The van der Waals surface area contributed by atoms with Crippen molar-refractivity contribution in [2.45, 2.75) is 32.6 Å². The van der Waals surface area contributed by atoms with Gasteiger partial charge in [0.25, 0.3) is 0 Å². The first-order chi connectivity index (χ1) is 10.0. The van der Waals surface area contributed by atoms with Gasteiger partial charge < -0.3 is 14.8 Å². The van der Waals surface area contributed by atoms with Crippen LogP contribution in [0.5, 0.6) is 5.75 Å². The molecular formula is C16H24N2O3. The molecule has 1 amide bonds. The lowest BCUT2D eigenvalue weighted by Crippen LogP contribution is -2.21. The van der Waals surface area contributed by atoms with Crippen molar-refractivity contribution in [3.05, 3.63) is 29.8 Å². The number of rotatable bonds is 8. The number of hydrogen-bond acceptors (Lipinski definition) is 4. The molecule has 1 rings (SSSR count). The molecule has 0 radical (unpaired) electrons. The number of nitrogens with zero attached hydrogens (tertiary/aromatic N) is 2. The first kappa shape index (κ1) is 17.0. The van der Waals surface area contributed by atoms with Crippen LogP contribution in [0.1, 0.15) is 31.7 Å². The van der Waals surface area contributed by atoms with Crippen molar-refractivity contribution >= 4 is 11.6 Å². The van der Waals surface area contributed by atoms with Crippen molar-refractivity contribution in [3.63, 3.8) is 0 Å². The van der Waals surface area contributed by atoms with Gasteiger partial charge in [0.05, 0.1) is 12.3 Å². The summed E-state index contributed by atoms with van der Waals surface area (Å²) in [7, 11) is 3.51. The zero-order valence-corrected chi connectivity index (χ0v) is 13.0. The molecule has 0 atom stereocenters. The summed E-state index contributed by atoms with van der Waals surface area (Å²) >= 11 is 0. The number of hydrogen-bond donors (Lipinski definition) is 1. The predicted octanol–water partition coefficient (Wildman–Crippen LogP) is 2.72. The third-order valence-electron chi connectivity index (χ3n) is 3.17. The van der Waals surface area contributed by atoms with Crippen molar-refractivity contribution in [3.8, 4) is 5.75 Å². The Labute approximate surface area is 126 Å². The molecule has 0 bridgehead atoms. The van der Waals surface area contributed by atoms with Crippen LogP contribution < -0.4 is 4.74 Å². The first-order valence-corrected chi connectivity index (χ1v) is 7.12. The smallest absolute Gasteiger partial charge is 0.222 e. The van der Waals surface area contributed by atoms with Gasteiger partial charge in [0.2, 0.25) is 5.91 Å². The molecule has 0 unspecified atom stereocenters. The molecular weight excluding hydrogens is 268 g/mol. The molecule has 0 aliphatic rings. The largest absolute Gasteiger partial charge is 0.494 e. The summed E-state index contributed by atoms with van der Waals surface area (Å²) in [6.07, 6.45) is 2.80. The van der Waals surface area contributed by atoms with E-state index in [1.165, 1.54) is 5.56 Å². The third-order valence-corrected chi connectivity index (χ3v) is 3.17. The van der Waals surface area contributed by atoms with E-state index in [2.05, 4.69) is 5.16 Å². The first-order valence-electron chi connectivity index (χ1n) is 7.12. The number of amides is 1. The standard InChI is InChI=1S/C16H24N2O3/c1-13(17-20)6-7-14-8-10-15(11-9-14)21-12-4-5-16(19)18(2)3/h8-11,20H,4-7,12H2,1-3H3. The molecule has 0 fully saturated rings. The van der Waals surface area contributed by atoms with E-state index in [-0.39, 0.29) is 5.91 Å². The average Bonchev–Trinajstić information content (AvgIpc) is 2.49. The quantitative estimate of drug-likeness (QED) is 0.347. The van der Waals surface area contributed by atoms with Crippen molar-refractivity contribution in [1.29, 1.82) is 0 Å². The number of carbonyl (C=O) groups excluding carboxylic acids is 1. The van der Waals surface area contributed by atoms with E-state index in [1.54, 1.807) is 25.9 Å². The lowest BCUT2D eigenvalue weighted by molar-refractivity contribution is -0.128. The number of oxime groups is 1. The second kappa shape index (κ2) is 9.00. The Kier molecular flexibility index (Phi) is 7.29. The zero-order chi connectivity index (χ0) is 15.7. The van der Waals surface area contributed by atoms with Gasteiger partial charge in [0.1, 0.15) is 5.75 Å². The maximum absolute atomic E-state index is 11.4. The van der Waals surface area contributed by atoms with Crippen molar-refractivity contribution in [1.82, 2.24) is 4.90 Å². The molecule has 116 valence electrons. The van der Waals surface area contributed by atoms with E-state index in [4.69, 9.17) is 9.94 Å². The maximum atomic E-state index is 11.4. The van der Waals surface area contributed by atoms with Crippen LogP contribution in [0, 0.1) is 0 Å². The van der Waals surface area contributed by atoms with Crippen LogP contribution in [0.15, 0.2) is 29.4 Å². The van der Waals surface area contributed by atoms with Gasteiger partial charge in [-0.25, -0.2) is 0 Å². The second-order valence-corrected chi connectivity index (χ2v) is 5.22. The van der Waals surface area contributed by atoms with Gasteiger partial charge in [-0.3, -0.25) is 4.79 Å². The molecule has 5 heteroatoms. The average molecular weight is 292 g/mol. The van der Waals surface area contributed by atoms with E-state index < -0.39 is 0 Å². The lowest BCUT2D eigenvalue weighted by Gasteiger charge is -2.10. The fraction of sp³-hybridized carbons (Fsp3) is 0.500. The molecule has 0 saturated heterocycles. The molecule has 0 aliphatic carbocycles. The van der Waals surface area contributed by atoms with Gasteiger partial charge in [-0.05, 0) is 43.9 Å². The molecule has 0 aromatic heterocycles. The monoisotopic (exact) mass is 292 g/mol. The summed E-state index contributed by atoms with van der Waals surface area (Å²) in [6, 6.07) is 7.86. The Bertz CT molecular complexity index is 467. The number of carbonyl (C=O) groups is 1. The van der Waals surface area contributed by atoms with Crippen LogP contribution in [-0.2, 0) is 11.2 Å². The van der Waals surface area contributed by atoms with Crippen molar-refractivity contribution in [2.24, 2.45) is 5.16 Å². The van der Waals surface area contributed by atoms with Crippen molar-refractivity contribution in [2.75, 3.05) is 20.7 Å². The topological polar surface area (TPSA) is 62.1 Å². The minimum Gasteiger partial charge on any atom is -0.494 e. The molecule has 0 aliphatic heterocycles. The van der Waals surface area contributed by atoms with E-state index in [0.717, 1.165) is 24.3 Å². The summed E-state index contributed by atoms with van der Waals surface area (Å²) in [4.78, 5) is 13.0. The molecule has 1 aromatic rings. The van der Waals surface area contributed by atoms with Crippen LogP contribution in [0.3, 0.4) is 0 Å². The van der Waals surface area contributed by atoms with Gasteiger partial charge in [0.15, 0.2) is 0 Å². The lowest BCUT2D eigenvalue weighted by atomic mass is 10.1. The maximum Gasteiger partial charge on any atom is 0.222 e. The Morgan fingerprint density at radius 1 is 1.24 bits per heavy atom. The zero-order valence-electron chi connectivity index (χ0n) is 13.0. The fourth-order valence-electron chi connectivity index (χ4n) is 1.76. The van der Waals surface area contributed by atoms with E-state index in [1.807, 2.05) is 24.3 Å². The van der Waals surface area contributed by atoms with Gasteiger partial charge in [-0.1, -0.05) is 17.3 Å². The highest BCUT2D eigenvalue weighted by molar-refractivity contribution is 5.81. The SMILES string of the molecule is CC(CCc1ccc(OCCCC(=O)N(C)C)cc1)=NO. The minimum atomic E-state index is 0.120. The Hall–Kier alpha value is -2.04. The van der Waals surface area contributed by atoms with Crippen LogP contribution in [-0.4, -0.2) is 42.4 Å². The summed E-state index contributed by atoms with van der Waals surface area (Å²) in [5, 5.41) is 11.8.